The Labute approximate surface area is 185 Å². The minimum atomic E-state index is -1.09. The van der Waals surface area contributed by atoms with E-state index in [-0.39, 0.29) is 0 Å². The van der Waals surface area contributed by atoms with Gasteiger partial charge in [-0.15, -0.1) is 0 Å². The second kappa shape index (κ2) is 15.8. The predicted octanol–water partition coefficient (Wildman–Crippen LogP) is 2.21. The molecule has 0 radical (unpaired) electrons. The molecule has 0 aromatic heterocycles. The Morgan fingerprint density at radius 3 is 2.13 bits per heavy atom. The summed E-state index contributed by atoms with van der Waals surface area (Å²) in [6.07, 6.45) is 2.02. The van der Waals surface area contributed by atoms with Gasteiger partial charge in [0.15, 0.2) is 6.19 Å². The van der Waals surface area contributed by atoms with E-state index < -0.39 is 10.8 Å². The van der Waals surface area contributed by atoms with Crippen molar-refractivity contribution in [3.8, 4) is 6.19 Å². The van der Waals surface area contributed by atoms with Gasteiger partial charge in [-0.2, -0.15) is 5.26 Å². The Hall–Kier alpha value is -1.95. The molecule has 0 bridgehead atoms. The molecule has 168 valence electrons. The molecule has 1 aromatic carbocycles. The molecule has 0 aliphatic heterocycles. The standard InChI is InChI=1S/C22H38N6OS/c1-5-26(6-2)15-14-24-22(25-20-23)28(17-16-27(7-3)8-4)18-19-30(29)21-12-10-9-11-13-21/h9-13H,5-8,14-19H2,1-4H3,(H,24,25). The highest BCUT2D eigenvalue weighted by Crippen LogP contribution is 2.06. The van der Waals surface area contributed by atoms with E-state index in [1.165, 1.54) is 0 Å². The summed E-state index contributed by atoms with van der Waals surface area (Å²) in [7, 11) is -1.09. The number of nitrogens with one attached hydrogen (secondary N) is 1. The van der Waals surface area contributed by atoms with Crippen LogP contribution in [0.5, 0.6) is 0 Å². The third-order valence-electron chi connectivity index (χ3n) is 5.17. The van der Waals surface area contributed by atoms with E-state index in [0.29, 0.717) is 24.8 Å². The number of aliphatic imine (C=N–C) groups is 1. The molecule has 7 nitrogen and oxygen atoms in total. The van der Waals surface area contributed by atoms with Crippen molar-refractivity contribution >= 4 is 16.8 Å². The summed E-state index contributed by atoms with van der Waals surface area (Å²) in [5.74, 6) is 1.06. The molecule has 0 spiro atoms. The first-order valence-electron chi connectivity index (χ1n) is 10.9. The fraction of sp³-hybridized carbons (Fsp3) is 0.636. The molecule has 8 heteroatoms. The van der Waals surface area contributed by atoms with Crippen LogP contribution in [0.4, 0.5) is 0 Å². The number of guanidine groups is 1. The average molecular weight is 435 g/mol. The molecule has 0 amide bonds. The van der Waals surface area contributed by atoms with E-state index in [9.17, 15) is 9.47 Å². The lowest BCUT2D eigenvalue weighted by atomic mass is 10.4. The molecule has 0 saturated carbocycles. The Balaban J connectivity index is 2.88. The van der Waals surface area contributed by atoms with E-state index in [0.717, 1.165) is 50.7 Å². The summed E-state index contributed by atoms with van der Waals surface area (Å²) >= 11 is 0. The molecule has 1 unspecified atom stereocenters. The third kappa shape index (κ3) is 9.70. The number of benzene rings is 1. The zero-order chi connectivity index (χ0) is 22.2. The van der Waals surface area contributed by atoms with Crippen molar-refractivity contribution in [2.24, 2.45) is 4.99 Å². The van der Waals surface area contributed by atoms with Crippen LogP contribution in [0.25, 0.3) is 0 Å². The lowest BCUT2D eigenvalue weighted by Gasteiger charge is -2.28. The van der Waals surface area contributed by atoms with E-state index in [2.05, 4.69) is 52.7 Å². The zero-order valence-electron chi connectivity index (χ0n) is 19.0. The second-order valence-corrected chi connectivity index (χ2v) is 8.42. The van der Waals surface area contributed by atoms with Crippen molar-refractivity contribution in [2.45, 2.75) is 32.6 Å². The maximum Gasteiger partial charge on any atom is 0.207 e. The first kappa shape index (κ1) is 26.1. The Bertz CT molecular complexity index is 668. The van der Waals surface area contributed by atoms with Crippen LogP contribution < -0.4 is 5.32 Å². The number of nitriles is 1. The van der Waals surface area contributed by atoms with Crippen molar-refractivity contribution in [3.05, 3.63) is 30.3 Å². The highest BCUT2D eigenvalue weighted by Gasteiger charge is 2.15. The smallest absolute Gasteiger partial charge is 0.207 e. The molecule has 1 N–H and O–H groups in total. The number of hydrogen-bond acceptors (Lipinski definition) is 5. The molecule has 1 aromatic rings. The monoisotopic (exact) mass is 434 g/mol. The molecule has 0 heterocycles. The molecule has 0 saturated heterocycles. The summed E-state index contributed by atoms with van der Waals surface area (Å²) in [6, 6.07) is 9.52. The van der Waals surface area contributed by atoms with Crippen molar-refractivity contribution in [3.63, 3.8) is 0 Å². The first-order valence-corrected chi connectivity index (χ1v) is 12.2. The second-order valence-electron chi connectivity index (χ2n) is 6.85. The van der Waals surface area contributed by atoms with Gasteiger partial charge in [0.05, 0.1) is 17.3 Å². The Kier molecular flexibility index (Phi) is 13.8. The van der Waals surface area contributed by atoms with Crippen LogP contribution in [0.2, 0.25) is 0 Å². The predicted molar refractivity (Wildman–Crippen MR) is 126 cm³/mol. The van der Waals surface area contributed by atoms with Gasteiger partial charge in [0, 0.05) is 36.8 Å². The molecule has 30 heavy (non-hydrogen) atoms. The minimum Gasteiger partial charge on any atom is -0.340 e. The van der Waals surface area contributed by atoms with E-state index >= 15 is 0 Å². The van der Waals surface area contributed by atoms with Crippen LogP contribution in [-0.2, 0) is 10.8 Å². The lowest BCUT2D eigenvalue weighted by Crippen LogP contribution is -2.45. The molecule has 0 fully saturated rings. The van der Waals surface area contributed by atoms with E-state index in [1.54, 1.807) is 0 Å². The number of hydrogen-bond donors (Lipinski definition) is 1. The van der Waals surface area contributed by atoms with Gasteiger partial charge in [0.2, 0.25) is 5.96 Å². The van der Waals surface area contributed by atoms with Crippen LogP contribution in [0.15, 0.2) is 40.2 Å². The quantitative estimate of drug-likeness (QED) is 0.209. The number of nitrogens with zero attached hydrogens (tertiary/aromatic N) is 5. The van der Waals surface area contributed by atoms with E-state index in [1.807, 2.05) is 36.5 Å². The van der Waals surface area contributed by atoms with Gasteiger partial charge in [-0.25, -0.2) is 0 Å². The summed E-state index contributed by atoms with van der Waals surface area (Å²) in [5.41, 5.74) is 0. The normalized spacial score (nSPS) is 12.8. The molecular formula is C22H38N6OS. The Morgan fingerprint density at radius 2 is 1.57 bits per heavy atom. The fourth-order valence-corrected chi connectivity index (χ4v) is 4.20. The molecule has 0 aliphatic carbocycles. The number of likely N-dealkylation sites (N-methyl/N-ethyl adjacent to an activating group) is 2. The summed E-state index contributed by atoms with van der Waals surface area (Å²) in [4.78, 5) is 12.2. The number of rotatable bonds is 14. The maximum atomic E-state index is 12.7. The van der Waals surface area contributed by atoms with Crippen LogP contribution in [0.3, 0.4) is 0 Å². The van der Waals surface area contributed by atoms with Gasteiger partial charge in [-0.05, 0) is 38.3 Å². The van der Waals surface area contributed by atoms with Crippen LogP contribution >= 0.6 is 0 Å². The van der Waals surface area contributed by atoms with Crippen LogP contribution in [0.1, 0.15) is 27.7 Å². The highest BCUT2D eigenvalue weighted by molar-refractivity contribution is 7.85. The first-order chi connectivity index (χ1) is 14.6. The van der Waals surface area contributed by atoms with Crippen molar-refractivity contribution in [1.29, 1.82) is 5.26 Å². The van der Waals surface area contributed by atoms with Gasteiger partial charge in [-0.3, -0.25) is 14.5 Å². The molecule has 0 aliphatic rings. The zero-order valence-corrected chi connectivity index (χ0v) is 19.8. The Morgan fingerprint density at radius 1 is 0.967 bits per heavy atom. The molecule has 1 rings (SSSR count). The van der Waals surface area contributed by atoms with Gasteiger partial charge in [0.25, 0.3) is 0 Å². The molecular weight excluding hydrogens is 396 g/mol. The largest absolute Gasteiger partial charge is 0.340 e. The lowest BCUT2D eigenvalue weighted by molar-refractivity contribution is 0.268. The third-order valence-corrected chi connectivity index (χ3v) is 6.52. The minimum absolute atomic E-state index is 0.491. The highest BCUT2D eigenvalue weighted by atomic mass is 32.2. The van der Waals surface area contributed by atoms with Gasteiger partial charge in [0.1, 0.15) is 0 Å². The molecule has 1 atom stereocenters. The van der Waals surface area contributed by atoms with Gasteiger partial charge < -0.3 is 14.7 Å². The van der Waals surface area contributed by atoms with E-state index in [4.69, 9.17) is 0 Å². The van der Waals surface area contributed by atoms with Crippen LogP contribution in [0, 0.1) is 11.5 Å². The summed E-state index contributed by atoms with van der Waals surface area (Å²) in [5, 5.41) is 12.0. The van der Waals surface area contributed by atoms with Gasteiger partial charge in [-0.1, -0.05) is 45.9 Å². The van der Waals surface area contributed by atoms with Gasteiger partial charge >= 0.3 is 0 Å². The summed E-state index contributed by atoms with van der Waals surface area (Å²) in [6.45, 7) is 16.1. The van der Waals surface area contributed by atoms with Crippen molar-refractivity contribution < 1.29 is 4.21 Å². The SMILES string of the molecule is CCN(CC)CCN=C(NC#N)N(CCN(CC)CC)CCS(=O)c1ccccc1. The average Bonchev–Trinajstić information content (AvgIpc) is 2.79. The summed E-state index contributed by atoms with van der Waals surface area (Å²) < 4.78 is 12.7. The van der Waals surface area contributed by atoms with Crippen molar-refractivity contribution in [1.82, 2.24) is 20.0 Å². The van der Waals surface area contributed by atoms with Crippen molar-refractivity contribution in [2.75, 3.05) is 64.7 Å². The topological polar surface area (TPSA) is 75.0 Å². The van der Waals surface area contributed by atoms with Crippen LogP contribution in [-0.4, -0.2) is 89.5 Å². The maximum absolute atomic E-state index is 12.7. The fourth-order valence-electron chi connectivity index (χ4n) is 3.11.